The Morgan fingerprint density at radius 2 is 1.75 bits per heavy atom. The van der Waals surface area contributed by atoms with Gasteiger partial charge < -0.3 is 5.32 Å². The molecule has 0 spiro atoms. The smallest absolute Gasteiger partial charge is 0.151 e. The van der Waals surface area contributed by atoms with Crippen molar-refractivity contribution in [1.82, 2.24) is 14.9 Å². The summed E-state index contributed by atoms with van der Waals surface area (Å²) in [4.78, 5) is 12.6. The number of thiophene rings is 1. The highest BCUT2D eigenvalue weighted by atomic mass is 32.1. The van der Waals surface area contributed by atoms with Gasteiger partial charge in [-0.25, -0.2) is 9.97 Å². The summed E-state index contributed by atoms with van der Waals surface area (Å²) in [6.45, 7) is 7.52. The van der Waals surface area contributed by atoms with Crippen LogP contribution in [-0.4, -0.2) is 28.0 Å². The standard InChI is InChI=1S/C23H24N4S/c1-3-27(4-2)15-17-9-8-10-18(13-17)21-14-20-22(28-21)23(25-16-24-20)26-19-11-6-5-7-12-19/h5-14,16H,3-4,15H2,1-2H3,(H,24,25,26). The largest absolute Gasteiger partial charge is 0.339 e. The average molecular weight is 389 g/mol. The number of rotatable bonds is 7. The summed E-state index contributed by atoms with van der Waals surface area (Å²) in [5.41, 5.74) is 4.58. The fourth-order valence-corrected chi connectivity index (χ4v) is 4.32. The predicted molar refractivity (Wildman–Crippen MR) is 119 cm³/mol. The third-order valence-electron chi connectivity index (χ3n) is 4.86. The minimum Gasteiger partial charge on any atom is -0.339 e. The Morgan fingerprint density at radius 1 is 0.929 bits per heavy atom. The van der Waals surface area contributed by atoms with Crippen molar-refractivity contribution in [2.24, 2.45) is 0 Å². The molecule has 4 rings (SSSR count). The molecular weight excluding hydrogens is 364 g/mol. The lowest BCUT2D eigenvalue weighted by atomic mass is 10.1. The number of hydrogen-bond acceptors (Lipinski definition) is 5. The summed E-state index contributed by atoms with van der Waals surface area (Å²) >= 11 is 1.73. The number of nitrogens with one attached hydrogen (secondary N) is 1. The van der Waals surface area contributed by atoms with Crippen LogP contribution in [0.25, 0.3) is 20.7 Å². The predicted octanol–water partition coefficient (Wildman–Crippen LogP) is 5.94. The Hall–Kier alpha value is -2.76. The second-order valence-corrected chi connectivity index (χ2v) is 7.75. The van der Waals surface area contributed by atoms with Gasteiger partial charge in [-0.15, -0.1) is 11.3 Å². The molecule has 0 aliphatic carbocycles. The van der Waals surface area contributed by atoms with E-state index in [0.717, 1.165) is 41.4 Å². The molecule has 0 amide bonds. The molecule has 0 unspecified atom stereocenters. The van der Waals surface area contributed by atoms with E-state index in [1.807, 2.05) is 30.3 Å². The van der Waals surface area contributed by atoms with E-state index in [0.29, 0.717) is 0 Å². The van der Waals surface area contributed by atoms with Crippen LogP contribution in [0.4, 0.5) is 11.5 Å². The lowest BCUT2D eigenvalue weighted by Crippen LogP contribution is -2.22. The molecular formula is C23H24N4S. The molecule has 28 heavy (non-hydrogen) atoms. The van der Waals surface area contributed by atoms with Crippen LogP contribution < -0.4 is 5.32 Å². The molecule has 2 aromatic carbocycles. The van der Waals surface area contributed by atoms with Gasteiger partial charge in [0.2, 0.25) is 0 Å². The van der Waals surface area contributed by atoms with Gasteiger partial charge in [-0.1, -0.05) is 50.2 Å². The van der Waals surface area contributed by atoms with Gasteiger partial charge in [0.15, 0.2) is 5.82 Å². The maximum absolute atomic E-state index is 4.48. The molecule has 0 saturated heterocycles. The summed E-state index contributed by atoms with van der Waals surface area (Å²) < 4.78 is 1.08. The zero-order valence-corrected chi connectivity index (χ0v) is 17.0. The first-order valence-electron chi connectivity index (χ1n) is 9.65. The molecule has 4 nitrogen and oxygen atoms in total. The SMILES string of the molecule is CCN(CC)Cc1cccc(-c2cc3ncnc(Nc4ccccc4)c3s2)c1. The third kappa shape index (κ3) is 4.06. The zero-order chi connectivity index (χ0) is 19.3. The van der Waals surface area contributed by atoms with Crippen LogP contribution in [0.1, 0.15) is 19.4 Å². The first kappa shape index (κ1) is 18.6. The number of para-hydroxylation sites is 1. The summed E-state index contributed by atoms with van der Waals surface area (Å²) in [6.07, 6.45) is 1.63. The lowest BCUT2D eigenvalue weighted by Gasteiger charge is -2.18. The van der Waals surface area contributed by atoms with Crippen LogP contribution in [0.2, 0.25) is 0 Å². The Morgan fingerprint density at radius 3 is 2.54 bits per heavy atom. The normalized spacial score (nSPS) is 11.2. The van der Waals surface area contributed by atoms with E-state index in [4.69, 9.17) is 0 Å². The van der Waals surface area contributed by atoms with E-state index in [2.05, 4.69) is 64.4 Å². The average Bonchev–Trinajstić information content (AvgIpc) is 3.18. The highest BCUT2D eigenvalue weighted by Crippen LogP contribution is 2.36. The van der Waals surface area contributed by atoms with Crippen molar-refractivity contribution < 1.29 is 0 Å². The van der Waals surface area contributed by atoms with Crippen molar-refractivity contribution in [2.75, 3.05) is 18.4 Å². The maximum atomic E-state index is 4.48. The quantitative estimate of drug-likeness (QED) is 0.425. The molecule has 142 valence electrons. The minimum atomic E-state index is 0.853. The first-order chi connectivity index (χ1) is 13.8. The second-order valence-electron chi connectivity index (χ2n) is 6.70. The fourth-order valence-electron chi connectivity index (χ4n) is 3.27. The highest BCUT2D eigenvalue weighted by Gasteiger charge is 2.11. The Bertz CT molecular complexity index is 1050. The third-order valence-corrected chi connectivity index (χ3v) is 6.04. The van der Waals surface area contributed by atoms with Crippen molar-refractivity contribution in [2.45, 2.75) is 20.4 Å². The van der Waals surface area contributed by atoms with E-state index < -0.39 is 0 Å². The molecule has 0 aliphatic rings. The molecule has 4 aromatic rings. The molecule has 0 fully saturated rings. The van der Waals surface area contributed by atoms with E-state index in [-0.39, 0.29) is 0 Å². The molecule has 0 saturated carbocycles. The summed E-state index contributed by atoms with van der Waals surface area (Å²) in [6, 6.07) is 21.1. The van der Waals surface area contributed by atoms with E-state index in [1.54, 1.807) is 17.7 Å². The van der Waals surface area contributed by atoms with Gasteiger partial charge in [-0.2, -0.15) is 0 Å². The Balaban J connectivity index is 1.66. The summed E-state index contributed by atoms with van der Waals surface area (Å²) in [5.74, 6) is 0.853. The number of anilines is 2. The molecule has 5 heteroatoms. The zero-order valence-electron chi connectivity index (χ0n) is 16.2. The van der Waals surface area contributed by atoms with Gasteiger partial charge in [0, 0.05) is 17.1 Å². The highest BCUT2D eigenvalue weighted by molar-refractivity contribution is 7.22. The lowest BCUT2D eigenvalue weighted by molar-refractivity contribution is 0.296. The minimum absolute atomic E-state index is 0.853. The van der Waals surface area contributed by atoms with Gasteiger partial charge in [0.1, 0.15) is 6.33 Å². The summed E-state index contributed by atoms with van der Waals surface area (Å²) in [7, 11) is 0. The van der Waals surface area contributed by atoms with Gasteiger partial charge >= 0.3 is 0 Å². The summed E-state index contributed by atoms with van der Waals surface area (Å²) in [5, 5.41) is 3.42. The van der Waals surface area contributed by atoms with Crippen LogP contribution in [-0.2, 0) is 6.54 Å². The molecule has 0 aliphatic heterocycles. The van der Waals surface area contributed by atoms with Crippen molar-refractivity contribution >= 4 is 33.1 Å². The van der Waals surface area contributed by atoms with Crippen molar-refractivity contribution in [3.05, 3.63) is 72.6 Å². The van der Waals surface area contributed by atoms with E-state index in [9.17, 15) is 0 Å². The number of fused-ring (bicyclic) bond motifs is 1. The Labute approximate surface area is 169 Å². The second kappa shape index (κ2) is 8.50. The number of aromatic nitrogens is 2. The van der Waals surface area contributed by atoms with Crippen molar-refractivity contribution in [3.8, 4) is 10.4 Å². The van der Waals surface area contributed by atoms with E-state index in [1.165, 1.54) is 16.0 Å². The van der Waals surface area contributed by atoms with Crippen LogP contribution in [0.15, 0.2) is 67.0 Å². The van der Waals surface area contributed by atoms with Gasteiger partial charge in [-0.3, -0.25) is 4.90 Å². The molecule has 0 atom stereocenters. The first-order valence-corrected chi connectivity index (χ1v) is 10.5. The van der Waals surface area contributed by atoms with E-state index >= 15 is 0 Å². The number of nitrogens with zero attached hydrogens (tertiary/aromatic N) is 3. The van der Waals surface area contributed by atoms with Crippen LogP contribution >= 0.6 is 11.3 Å². The van der Waals surface area contributed by atoms with Gasteiger partial charge in [0.25, 0.3) is 0 Å². The van der Waals surface area contributed by atoms with Crippen LogP contribution in [0, 0.1) is 0 Å². The molecule has 0 radical (unpaired) electrons. The topological polar surface area (TPSA) is 41.1 Å². The maximum Gasteiger partial charge on any atom is 0.151 e. The van der Waals surface area contributed by atoms with Gasteiger partial charge in [0.05, 0.1) is 10.2 Å². The molecule has 1 N–H and O–H groups in total. The molecule has 2 heterocycles. The fraction of sp³-hybridized carbons (Fsp3) is 0.217. The van der Waals surface area contributed by atoms with Crippen LogP contribution in [0.5, 0.6) is 0 Å². The van der Waals surface area contributed by atoms with Gasteiger partial charge in [-0.05, 0) is 48.5 Å². The molecule has 2 aromatic heterocycles. The van der Waals surface area contributed by atoms with Crippen LogP contribution in [0.3, 0.4) is 0 Å². The monoisotopic (exact) mass is 388 g/mol. The van der Waals surface area contributed by atoms with Crippen molar-refractivity contribution in [1.29, 1.82) is 0 Å². The Kier molecular flexibility index (Phi) is 5.65. The van der Waals surface area contributed by atoms with Crippen molar-refractivity contribution in [3.63, 3.8) is 0 Å². The number of hydrogen-bond donors (Lipinski definition) is 1. The molecule has 0 bridgehead atoms. The number of benzene rings is 2.